The molecule has 0 spiro atoms. The number of aromatic hydroxyl groups is 1. The molecular weight excluding hydrogens is 294 g/mol. The molecule has 0 aliphatic heterocycles. The first-order valence-electron chi connectivity index (χ1n) is 6.99. The fourth-order valence-electron chi connectivity index (χ4n) is 3.77. The maximum Gasteiger partial charge on any atom is 0.308 e. The molecule has 2 aliphatic rings. The summed E-state index contributed by atoms with van der Waals surface area (Å²) in [6.07, 6.45) is 2.71. The molecule has 0 radical (unpaired) electrons. The number of aliphatic carboxylic acids is 1. The molecule has 2 aliphatic carbocycles. The number of nitrogens with one attached hydrogen (secondary N) is 1. The number of carbonyl (C=O) groups excluding carboxylic acids is 1. The number of amides is 1. The summed E-state index contributed by atoms with van der Waals surface area (Å²) in [5.74, 6) is -1.67. The Kier molecular flexibility index (Phi) is 3.53. The van der Waals surface area contributed by atoms with Crippen LogP contribution in [0.3, 0.4) is 0 Å². The molecule has 21 heavy (non-hydrogen) atoms. The van der Waals surface area contributed by atoms with Crippen molar-refractivity contribution in [3.05, 3.63) is 28.8 Å². The lowest BCUT2D eigenvalue weighted by atomic mass is 9.84. The van der Waals surface area contributed by atoms with Crippen LogP contribution < -0.4 is 5.32 Å². The first kappa shape index (κ1) is 14.2. The third-order valence-electron chi connectivity index (χ3n) is 4.70. The Balaban J connectivity index is 1.81. The maximum absolute atomic E-state index is 12.3. The van der Waals surface area contributed by atoms with E-state index in [1.165, 1.54) is 18.2 Å². The number of rotatable bonds is 3. The van der Waals surface area contributed by atoms with Crippen molar-refractivity contribution in [2.24, 2.45) is 17.8 Å². The van der Waals surface area contributed by atoms with E-state index in [4.69, 9.17) is 11.6 Å². The molecule has 3 rings (SSSR count). The van der Waals surface area contributed by atoms with Crippen LogP contribution in [0.2, 0.25) is 5.02 Å². The molecule has 2 saturated carbocycles. The van der Waals surface area contributed by atoms with Crippen LogP contribution in [0.25, 0.3) is 0 Å². The Hall–Kier alpha value is -1.75. The van der Waals surface area contributed by atoms with Gasteiger partial charge in [-0.1, -0.05) is 11.6 Å². The van der Waals surface area contributed by atoms with Gasteiger partial charge in [-0.3, -0.25) is 9.59 Å². The highest BCUT2D eigenvalue weighted by molar-refractivity contribution is 6.31. The van der Waals surface area contributed by atoms with E-state index in [-0.39, 0.29) is 29.2 Å². The third-order valence-corrected chi connectivity index (χ3v) is 4.94. The molecular formula is C15H16ClNO4. The molecule has 2 fully saturated rings. The van der Waals surface area contributed by atoms with E-state index >= 15 is 0 Å². The highest BCUT2D eigenvalue weighted by Gasteiger charge is 2.51. The predicted octanol–water partition coefficient (Wildman–Crippen LogP) is 2.27. The summed E-state index contributed by atoms with van der Waals surface area (Å²) in [7, 11) is 0. The third kappa shape index (κ3) is 2.46. The van der Waals surface area contributed by atoms with Gasteiger partial charge >= 0.3 is 5.97 Å². The molecule has 0 aromatic heterocycles. The summed E-state index contributed by atoms with van der Waals surface area (Å²) >= 11 is 5.83. The van der Waals surface area contributed by atoms with Crippen LogP contribution in [0.4, 0.5) is 0 Å². The van der Waals surface area contributed by atoms with Crippen LogP contribution >= 0.6 is 11.6 Å². The number of hydrogen-bond acceptors (Lipinski definition) is 3. The monoisotopic (exact) mass is 309 g/mol. The lowest BCUT2D eigenvalue weighted by Crippen LogP contribution is -2.46. The number of carboxylic acid groups (broad SMARTS) is 1. The second-order valence-electron chi connectivity index (χ2n) is 5.86. The number of phenols is 1. The van der Waals surface area contributed by atoms with Crippen molar-refractivity contribution < 1.29 is 19.8 Å². The average Bonchev–Trinajstić information content (AvgIpc) is 3.02. The topological polar surface area (TPSA) is 86.6 Å². The standard InChI is InChI=1S/C15H16ClNO4/c16-9-3-4-11(18)10(6-9)14(19)17-13-8-2-1-7(5-8)12(13)15(20)21/h3-4,6-8,12-13,18H,1-2,5H2,(H,17,19)(H,20,21). The zero-order valence-corrected chi connectivity index (χ0v) is 12.0. The van der Waals surface area contributed by atoms with Crippen molar-refractivity contribution in [1.29, 1.82) is 0 Å². The molecule has 112 valence electrons. The minimum absolute atomic E-state index is 0.0782. The summed E-state index contributed by atoms with van der Waals surface area (Å²) in [4.78, 5) is 23.7. The largest absolute Gasteiger partial charge is 0.507 e. The average molecular weight is 310 g/mol. The fourth-order valence-corrected chi connectivity index (χ4v) is 3.95. The number of halogens is 1. The van der Waals surface area contributed by atoms with Crippen molar-refractivity contribution >= 4 is 23.5 Å². The SMILES string of the molecule is O=C(NC1C2CCC(C2)C1C(=O)O)c1cc(Cl)ccc1O. The molecule has 2 bridgehead atoms. The molecule has 5 nitrogen and oxygen atoms in total. The molecule has 6 heteroatoms. The van der Waals surface area contributed by atoms with Crippen LogP contribution in [0.1, 0.15) is 29.6 Å². The van der Waals surface area contributed by atoms with E-state index in [0.29, 0.717) is 5.02 Å². The second kappa shape index (κ2) is 5.22. The Bertz CT molecular complexity index is 603. The van der Waals surface area contributed by atoms with Crippen molar-refractivity contribution in [3.8, 4) is 5.75 Å². The van der Waals surface area contributed by atoms with E-state index in [0.717, 1.165) is 19.3 Å². The molecule has 1 amide bonds. The van der Waals surface area contributed by atoms with Gasteiger partial charge in [0.2, 0.25) is 0 Å². The summed E-state index contributed by atoms with van der Waals surface area (Å²) in [5, 5.41) is 22.3. The number of phenolic OH excluding ortho intramolecular Hbond substituents is 1. The van der Waals surface area contributed by atoms with Gasteiger partial charge in [-0.15, -0.1) is 0 Å². The number of carboxylic acids is 1. The second-order valence-corrected chi connectivity index (χ2v) is 6.29. The van der Waals surface area contributed by atoms with Crippen molar-refractivity contribution in [3.63, 3.8) is 0 Å². The highest BCUT2D eigenvalue weighted by Crippen LogP contribution is 2.48. The fraction of sp³-hybridized carbons (Fsp3) is 0.467. The number of hydrogen-bond donors (Lipinski definition) is 3. The summed E-state index contributed by atoms with van der Waals surface area (Å²) < 4.78 is 0. The summed E-state index contributed by atoms with van der Waals surface area (Å²) in [5.41, 5.74) is 0.0782. The highest BCUT2D eigenvalue weighted by atomic mass is 35.5. The first-order valence-corrected chi connectivity index (χ1v) is 7.37. The van der Waals surface area contributed by atoms with Gasteiger partial charge in [-0.05, 0) is 49.3 Å². The summed E-state index contributed by atoms with van der Waals surface area (Å²) in [6, 6.07) is 3.86. The van der Waals surface area contributed by atoms with Gasteiger partial charge in [-0.2, -0.15) is 0 Å². The normalized spacial score (nSPS) is 30.3. The van der Waals surface area contributed by atoms with Crippen LogP contribution in [-0.2, 0) is 4.79 Å². The Morgan fingerprint density at radius 2 is 1.95 bits per heavy atom. The van der Waals surface area contributed by atoms with Gasteiger partial charge < -0.3 is 15.5 Å². The molecule has 0 heterocycles. The quantitative estimate of drug-likeness (QED) is 0.799. The molecule has 1 aromatic rings. The molecule has 0 saturated heterocycles. The van der Waals surface area contributed by atoms with E-state index in [1.807, 2.05) is 0 Å². The van der Waals surface area contributed by atoms with Crippen molar-refractivity contribution in [2.45, 2.75) is 25.3 Å². The number of carbonyl (C=O) groups is 2. The summed E-state index contributed by atoms with van der Waals surface area (Å²) in [6.45, 7) is 0. The number of benzene rings is 1. The van der Waals surface area contributed by atoms with Crippen LogP contribution in [-0.4, -0.2) is 28.1 Å². The van der Waals surface area contributed by atoms with E-state index < -0.39 is 17.8 Å². The molecule has 4 atom stereocenters. The Morgan fingerprint density at radius 1 is 1.24 bits per heavy atom. The molecule has 3 N–H and O–H groups in total. The van der Waals surface area contributed by atoms with Crippen molar-refractivity contribution in [1.82, 2.24) is 5.32 Å². The van der Waals surface area contributed by atoms with Crippen LogP contribution in [0, 0.1) is 17.8 Å². The van der Waals surface area contributed by atoms with Gasteiger partial charge in [0.15, 0.2) is 0 Å². The Labute approximate surface area is 126 Å². The zero-order valence-electron chi connectivity index (χ0n) is 11.3. The van der Waals surface area contributed by atoms with Gasteiger partial charge in [0.1, 0.15) is 5.75 Å². The minimum atomic E-state index is -0.859. The Morgan fingerprint density at radius 3 is 2.67 bits per heavy atom. The minimum Gasteiger partial charge on any atom is -0.507 e. The first-order chi connectivity index (χ1) is 9.97. The van der Waals surface area contributed by atoms with E-state index in [1.54, 1.807) is 0 Å². The maximum atomic E-state index is 12.3. The van der Waals surface area contributed by atoms with Crippen LogP contribution in [0.5, 0.6) is 5.75 Å². The molecule has 4 unspecified atom stereocenters. The smallest absolute Gasteiger partial charge is 0.308 e. The predicted molar refractivity (Wildman–Crippen MR) is 76.3 cm³/mol. The van der Waals surface area contributed by atoms with Gasteiger partial charge in [0.05, 0.1) is 11.5 Å². The number of fused-ring (bicyclic) bond motifs is 2. The van der Waals surface area contributed by atoms with Gasteiger partial charge in [0, 0.05) is 11.1 Å². The van der Waals surface area contributed by atoms with E-state index in [9.17, 15) is 19.8 Å². The lowest BCUT2D eigenvalue weighted by Gasteiger charge is -2.29. The van der Waals surface area contributed by atoms with Gasteiger partial charge in [-0.25, -0.2) is 0 Å². The lowest BCUT2D eigenvalue weighted by molar-refractivity contribution is -0.144. The molecule has 1 aromatic carbocycles. The zero-order chi connectivity index (χ0) is 15.1. The van der Waals surface area contributed by atoms with Crippen LogP contribution in [0.15, 0.2) is 18.2 Å². The van der Waals surface area contributed by atoms with Crippen molar-refractivity contribution in [2.75, 3.05) is 0 Å². The van der Waals surface area contributed by atoms with E-state index in [2.05, 4.69) is 5.32 Å². The van der Waals surface area contributed by atoms with Gasteiger partial charge in [0.25, 0.3) is 5.91 Å².